The number of nitrogens with zero attached hydrogens (tertiary/aromatic N) is 2. The quantitative estimate of drug-likeness (QED) is 0.746. The summed E-state index contributed by atoms with van der Waals surface area (Å²) in [5.74, 6) is 0.0625. The van der Waals surface area contributed by atoms with Crippen LogP contribution in [0.1, 0.15) is 49.7 Å². The van der Waals surface area contributed by atoms with E-state index in [0.717, 1.165) is 38.9 Å². The number of thiazole rings is 1. The summed E-state index contributed by atoms with van der Waals surface area (Å²) in [5.41, 5.74) is 6.63. The second kappa shape index (κ2) is 11.0. The first-order chi connectivity index (χ1) is 10.7. The van der Waals surface area contributed by atoms with Gasteiger partial charge in [0.2, 0.25) is 5.91 Å². The molecule has 2 rings (SSSR count). The number of likely N-dealkylation sites (tertiary alicyclic amines) is 1. The molecule has 1 aromatic rings. The lowest BCUT2D eigenvalue weighted by Gasteiger charge is -2.35. The van der Waals surface area contributed by atoms with Gasteiger partial charge in [-0.3, -0.25) is 9.69 Å². The van der Waals surface area contributed by atoms with E-state index >= 15 is 0 Å². The van der Waals surface area contributed by atoms with Crippen LogP contribution in [0, 0.1) is 0 Å². The summed E-state index contributed by atoms with van der Waals surface area (Å²) in [7, 11) is 0. The van der Waals surface area contributed by atoms with Crippen molar-refractivity contribution in [2.24, 2.45) is 5.73 Å². The van der Waals surface area contributed by atoms with Crippen molar-refractivity contribution < 1.29 is 4.79 Å². The molecule has 0 saturated carbocycles. The molecule has 23 heavy (non-hydrogen) atoms. The maximum Gasteiger partial charge on any atom is 0.221 e. The Kier molecular flexibility index (Phi) is 9.71. The van der Waals surface area contributed by atoms with E-state index in [1.165, 1.54) is 23.5 Å². The molecule has 0 aliphatic carbocycles. The molecule has 1 unspecified atom stereocenters. The van der Waals surface area contributed by atoms with E-state index in [4.69, 9.17) is 10.7 Å². The first kappa shape index (κ1) is 20.4. The van der Waals surface area contributed by atoms with Crippen LogP contribution in [0.3, 0.4) is 0 Å². The number of halogens is 1. The highest BCUT2D eigenvalue weighted by Crippen LogP contribution is 2.21. The molecule has 3 N–H and O–H groups in total. The normalized spacial score (nSPS) is 18.4. The average molecular weight is 361 g/mol. The fourth-order valence-electron chi connectivity index (χ4n) is 2.92. The van der Waals surface area contributed by atoms with Crippen LogP contribution in [-0.4, -0.2) is 41.5 Å². The van der Waals surface area contributed by atoms with Gasteiger partial charge in [-0.1, -0.05) is 19.8 Å². The van der Waals surface area contributed by atoms with Crippen molar-refractivity contribution in [3.05, 3.63) is 16.1 Å². The Morgan fingerprint density at radius 3 is 3.09 bits per heavy atom. The molecule has 132 valence electrons. The standard InChI is InChI=1S/C16H28N4OS.ClH/c1-2-5-13-12-22-16(19-13)11-20-9-4-3-6-14(20)10-18-15(21)7-8-17;/h12,14H,2-11,17H2,1H3,(H,18,21);1H. The summed E-state index contributed by atoms with van der Waals surface area (Å²) in [4.78, 5) is 18.8. The second-order valence-corrected chi connectivity index (χ2v) is 6.89. The van der Waals surface area contributed by atoms with Gasteiger partial charge in [-0.05, 0) is 25.8 Å². The zero-order chi connectivity index (χ0) is 15.8. The summed E-state index contributed by atoms with van der Waals surface area (Å²) in [6.07, 6.45) is 6.25. The van der Waals surface area contributed by atoms with Crippen LogP contribution in [0.2, 0.25) is 0 Å². The minimum absolute atomic E-state index is 0. The lowest BCUT2D eigenvalue weighted by Crippen LogP contribution is -2.46. The molecule has 0 aromatic carbocycles. The highest BCUT2D eigenvalue weighted by molar-refractivity contribution is 7.09. The summed E-state index contributed by atoms with van der Waals surface area (Å²) >= 11 is 1.76. The largest absolute Gasteiger partial charge is 0.354 e. The third kappa shape index (κ3) is 6.75. The molecule has 0 bridgehead atoms. The highest BCUT2D eigenvalue weighted by atomic mass is 35.5. The van der Waals surface area contributed by atoms with Crippen molar-refractivity contribution >= 4 is 29.7 Å². The van der Waals surface area contributed by atoms with E-state index in [0.29, 0.717) is 19.0 Å². The molecular weight excluding hydrogens is 332 g/mol. The first-order valence-electron chi connectivity index (χ1n) is 8.37. The predicted molar refractivity (Wildman–Crippen MR) is 98.1 cm³/mol. The van der Waals surface area contributed by atoms with E-state index in [-0.39, 0.29) is 18.3 Å². The molecule has 1 aliphatic rings. The molecule has 1 saturated heterocycles. The lowest BCUT2D eigenvalue weighted by molar-refractivity contribution is -0.121. The zero-order valence-electron chi connectivity index (χ0n) is 13.9. The molecule has 0 spiro atoms. The molecule has 1 aromatic heterocycles. The zero-order valence-corrected chi connectivity index (χ0v) is 15.6. The molecule has 1 amide bonds. The number of nitrogens with one attached hydrogen (secondary N) is 1. The summed E-state index contributed by atoms with van der Waals surface area (Å²) in [5, 5.41) is 6.40. The van der Waals surface area contributed by atoms with E-state index in [1.54, 1.807) is 11.3 Å². The summed E-state index contributed by atoms with van der Waals surface area (Å²) in [6.45, 7) is 5.33. The number of nitrogens with two attached hydrogens (primary N) is 1. The van der Waals surface area contributed by atoms with Gasteiger partial charge < -0.3 is 11.1 Å². The van der Waals surface area contributed by atoms with Crippen LogP contribution in [0.4, 0.5) is 0 Å². The van der Waals surface area contributed by atoms with Crippen molar-refractivity contribution in [2.75, 3.05) is 19.6 Å². The maximum absolute atomic E-state index is 11.6. The van der Waals surface area contributed by atoms with E-state index in [2.05, 4.69) is 22.5 Å². The van der Waals surface area contributed by atoms with Crippen LogP contribution in [0.5, 0.6) is 0 Å². The van der Waals surface area contributed by atoms with Crippen LogP contribution >= 0.6 is 23.7 Å². The van der Waals surface area contributed by atoms with Gasteiger partial charge >= 0.3 is 0 Å². The Morgan fingerprint density at radius 1 is 1.52 bits per heavy atom. The van der Waals surface area contributed by atoms with Gasteiger partial charge in [0, 0.05) is 30.9 Å². The number of carbonyl (C=O) groups excluding carboxylic acids is 1. The van der Waals surface area contributed by atoms with Crippen LogP contribution in [0.15, 0.2) is 5.38 Å². The topological polar surface area (TPSA) is 71.2 Å². The molecular formula is C16H29ClN4OS. The second-order valence-electron chi connectivity index (χ2n) is 5.95. The van der Waals surface area contributed by atoms with Gasteiger partial charge in [-0.25, -0.2) is 4.98 Å². The number of aryl methyl sites for hydroxylation is 1. The Bertz CT molecular complexity index is 469. The number of hydrogen-bond acceptors (Lipinski definition) is 5. The molecule has 7 heteroatoms. The summed E-state index contributed by atoms with van der Waals surface area (Å²) < 4.78 is 0. The Labute approximate surface area is 149 Å². The maximum atomic E-state index is 11.6. The van der Waals surface area contributed by atoms with Crippen LogP contribution in [0.25, 0.3) is 0 Å². The number of amides is 1. The minimum atomic E-state index is 0. The Morgan fingerprint density at radius 2 is 2.35 bits per heavy atom. The molecule has 1 fully saturated rings. The third-order valence-corrected chi connectivity index (χ3v) is 4.98. The molecule has 2 heterocycles. The fraction of sp³-hybridized carbons (Fsp3) is 0.750. The number of aromatic nitrogens is 1. The Hall–Kier alpha value is -0.690. The molecule has 0 radical (unpaired) electrons. The van der Waals surface area contributed by atoms with Gasteiger partial charge in [0.05, 0.1) is 12.2 Å². The molecule has 1 aliphatic heterocycles. The van der Waals surface area contributed by atoms with Crippen LogP contribution in [-0.2, 0) is 17.8 Å². The number of piperidine rings is 1. The van der Waals surface area contributed by atoms with Crippen LogP contribution < -0.4 is 11.1 Å². The van der Waals surface area contributed by atoms with Crippen molar-refractivity contribution in [2.45, 2.75) is 58.0 Å². The Balaban J connectivity index is 0.00000264. The third-order valence-electron chi connectivity index (χ3n) is 4.10. The van der Waals surface area contributed by atoms with Crippen molar-refractivity contribution in [1.29, 1.82) is 0 Å². The van der Waals surface area contributed by atoms with E-state index in [9.17, 15) is 4.79 Å². The molecule has 1 atom stereocenters. The van der Waals surface area contributed by atoms with Gasteiger partial charge in [0.25, 0.3) is 0 Å². The van der Waals surface area contributed by atoms with Gasteiger partial charge in [-0.15, -0.1) is 23.7 Å². The van der Waals surface area contributed by atoms with Crippen molar-refractivity contribution in [3.8, 4) is 0 Å². The summed E-state index contributed by atoms with van der Waals surface area (Å²) in [6, 6.07) is 0.425. The smallest absolute Gasteiger partial charge is 0.221 e. The number of hydrogen-bond donors (Lipinski definition) is 2. The fourth-order valence-corrected chi connectivity index (χ4v) is 3.77. The van der Waals surface area contributed by atoms with Gasteiger partial charge in [0.1, 0.15) is 5.01 Å². The minimum Gasteiger partial charge on any atom is -0.354 e. The number of rotatable bonds is 8. The predicted octanol–water partition coefficient (Wildman–Crippen LogP) is 2.34. The SMILES string of the molecule is CCCc1csc(CN2CCCCC2CNC(=O)CCN)n1.Cl. The van der Waals surface area contributed by atoms with E-state index in [1.807, 2.05) is 0 Å². The first-order valence-corrected chi connectivity index (χ1v) is 9.25. The van der Waals surface area contributed by atoms with Crippen molar-refractivity contribution in [1.82, 2.24) is 15.2 Å². The lowest BCUT2D eigenvalue weighted by atomic mass is 10.0. The monoisotopic (exact) mass is 360 g/mol. The molecule has 5 nitrogen and oxygen atoms in total. The van der Waals surface area contributed by atoms with Gasteiger partial charge in [-0.2, -0.15) is 0 Å². The van der Waals surface area contributed by atoms with Gasteiger partial charge in [0.15, 0.2) is 0 Å². The van der Waals surface area contributed by atoms with E-state index < -0.39 is 0 Å². The number of carbonyl (C=O) groups is 1. The highest BCUT2D eigenvalue weighted by Gasteiger charge is 2.23. The average Bonchev–Trinajstić information content (AvgIpc) is 2.94. The van der Waals surface area contributed by atoms with Crippen molar-refractivity contribution in [3.63, 3.8) is 0 Å².